The molecule has 59 heavy (non-hydrogen) atoms. The number of hydrogen-bond acceptors (Lipinski definition) is 1. The van der Waals surface area contributed by atoms with Crippen molar-refractivity contribution < 1.29 is 0 Å². The zero-order valence-corrected chi connectivity index (χ0v) is 32.5. The zero-order chi connectivity index (χ0) is 39.1. The van der Waals surface area contributed by atoms with E-state index >= 15 is 0 Å². The van der Waals surface area contributed by atoms with Crippen LogP contribution in [0.15, 0.2) is 237 Å². The molecule has 0 aliphatic rings. The smallest absolute Gasteiger partial charge is 0.0546 e. The summed E-state index contributed by atoms with van der Waals surface area (Å²) < 4.78 is 0. The second-order valence-corrected chi connectivity index (χ2v) is 15.3. The highest BCUT2D eigenvalue weighted by Gasteiger charge is 2.21. The molecule has 0 aromatic heterocycles. The molecule has 0 aliphatic heterocycles. The average Bonchev–Trinajstić information content (AvgIpc) is 3.31. The number of benzene rings is 11. The molecule has 0 aliphatic carbocycles. The van der Waals surface area contributed by atoms with E-state index in [2.05, 4.69) is 241 Å². The van der Waals surface area contributed by atoms with Gasteiger partial charge >= 0.3 is 0 Å². The van der Waals surface area contributed by atoms with Crippen molar-refractivity contribution in [2.24, 2.45) is 0 Å². The van der Waals surface area contributed by atoms with Crippen LogP contribution >= 0.6 is 0 Å². The molecule has 0 spiro atoms. The summed E-state index contributed by atoms with van der Waals surface area (Å²) in [5.41, 5.74) is 12.8. The number of nitrogens with zero attached hydrogens (tertiary/aromatic N) is 1. The molecule has 0 radical (unpaired) electrons. The van der Waals surface area contributed by atoms with E-state index in [1.807, 2.05) is 0 Å². The topological polar surface area (TPSA) is 3.24 Å². The lowest BCUT2D eigenvalue weighted by molar-refractivity contribution is 1.28. The first kappa shape index (κ1) is 34.5. The zero-order valence-electron chi connectivity index (χ0n) is 32.5. The minimum Gasteiger partial charge on any atom is -0.310 e. The van der Waals surface area contributed by atoms with E-state index in [4.69, 9.17) is 0 Å². The minimum absolute atomic E-state index is 1.08. The van der Waals surface area contributed by atoms with Crippen LogP contribution in [-0.2, 0) is 0 Å². The summed E-state index contributed by atoms with van der Waals surface area (Å²) in [6.45, 7) is 0. The maximum atomic E-state index is 2.45. The Hall–Kier alpha value is -7.74. The van der Waals surface area contributed by atoms with E-state index in [-0.39, 0.29) is 0 Å². The van der Waals surface area contributed by atoms with E-state index in [0.29, 0.717) is 0 Å². The van der Waals surface area contributed by atoms with Crippen LogP contribution < -0.4 is 4.90 Å². The molecule has 0 unspecified atom stereocenters. The molecule has 11 aromatic carbocycles. The fourth-order valence-electron chi connectivity index (χ4n) is 9.02. The summed E-state index contributed by atoms with van der Waals surface area (Å²) in [5.74, 6) is 0. The first-order chi connectivity index (χ1) is 29.3. The Morgan fingerprint density at radius 1 is 0.220 bits per heavy atom. The molecule has 11 aromatic rings. The molecule has 0 saturated carbocycles. The summed E-state index contributed by atoms with van der Waals surface area (Å²) >= 11 is 0. The van der Waals surface area contributed by atoms with Gasteiger partial charge in [0.15, 0.2) is 0 Å². The number of fused-ring (bicyclic) bond motifs is 5. The molecule has 0 atom stereocenters. The lowest BCUT2D eigenvalue weighted by atomic mass is 9.92. The Kier molecular flexibility index (Phi) is 8.56. The van der Waals surface area contributed by atoms with Crippen molar-refractivity contribution in [3.8, 4) is 44.5 Å². The van der Waals surface area contributed by atoms with Crippen molar-refractivity contribution in [3.63, 3.8) is 0 Å². The molecule has 0 saturated heterocycles. The Bertz CT molecular complexity index is 3310. The number of hydrogen-bond donors (Lipinski definition) is 0. The number of rotatable bonds is 7. The molecule has 11 rings (SSSR count). The third kappa shape index (κ3) is 6.21. The summed E-state index contributed by atoms with van der Waals surface area (Å²) in [6.07, 6.45) is 0. The van der Waals surface area contributed by atoms with Crippen LogP contribution in [0.4, 0.5) is 17.1 Å². The van der Waals surface area contributed by atoms with Gasteiger partial charge in [0.05, 0.1) is 5.69 Å². The van der Waals surface area contributed by atoms with Gasteiger partial charge in [-0.2, -0.15) is 0 Å². The molecular formula is C58H39N. The van der Waals surface area contributed by atoms with Crippen LogP contribution in [0.1, 0.15) is 0 Å². The van der Waals surface area contributed by atoms with E-state index < -0.39 is 0 Å². The Morgan fingerprint density at radius 2 is 0.712 bits per heavy atom. The first-order valence-electron chi connectivity index (χ1n) is 20.3. The summed E-state index contributed by atoms with van der Waals surface area (Å²) in [6, 6.07) is 86.4. The second kappa shape index (κ2) is 14.6. The van der Waals surface area contributed by atoms with Gasteiger partial charge in [-0.05, 0) is 118 Å². The third-order valence-corrected chi connectivity index (χ3v) is 11.8. The highest BCUT2D eigenvalue weighted by molar-refractivity contribution is 6.14. The van der Waals surface area contributed by atoms with Crippen LogP contribution in [0.25, 0.3) is 87.6 Å². The van der Waals surface area contributed by atoms with Crippen molar-refractivity contribution in [1.29, 1.82) is 0 Å². The predicted molar refractivity (Wildman–Crippen MR) is 253 cm³/mol. The summed E-state index contributed by atoms with van der Waals surface area (Å²) in [5, 5.41) is 10.0. The molecule has 0 N–H and O–H groups in total. The number of anilines is 3. The first-order valence-corrected chi connectivity index (χ1v) is 20.3. The van der Waals surface area contributed by atoms with E-state index in [1.54, 1.807) is 0 Å². The lowest BCUT2D eigenvalue weighted by Gasteiger charge is -2.29. The van der Waals surface area contributed by atoms with Gasteiger partial charge in [-0.15, -0.1) is 0 Å². The van der Waals surface area contributed by atoms with Gasteiger partial charge in [-0.25, -0.2) is 0 Å². The van der Waals surface area contributed by atoms with Gasteiger partial charge < -0.3 is 4.90 Å². The second-order valence-electron chi connectivity index (χ2n) is 15.3. The maximum Gasteiger partial charge on any atom is 0.0546 e. The molecule has 1 nitrogen and oxygen atoms in total. The van der Waals surface area contributed by atoms with Crippen LogP contribution in [0.2, 0.25) is 0 Å². The van der Waals surface area contributed by atoms with Crippen molar-refractivity contribution in [1.82, 2.24) is 0 Å². The monoisotopic (exact) mass is 749 g/mol. The van der Waals surface area contributed by atoms with E-state index in [0.717, 1.165) is 22.6 Å². The quantitative estimate of drug-likeness (QED) is 0.147. The summed E-state index contributed by atoms with van der Waals surface area (Å²) in [4.78, 5) is 2.45. The van der Waals surface area contributed by atoms with E-state index in [1.165, 1.54) is 82.0 Å². The standard InChI is InChI=1S/C58H39N/c1-2-15-42(16-3-1)54-36-33-46(52-30-14-21-41-18-5-8-25-50(41)52)39-58(54)59(48-23-12-22-44(37-48)51-29-13-20-40-17-4-7-24-49(40)51)47-34-31-43(32-35-47)57-38-45-19-6-9-26-53(45)55-27-10-11-28-56(55)57/h1-39H. The van der Waals surface area contributed by atoms with E-state index in [9.17, 15) is 0 Å². The maximum absolute atomic E-state index is 2.45. The highest BCUT2D eigenvalue weighted by atomic mass is 15.1. The lowest BCUT2D eigenvalue weighted by Crippen LogP contribution is -2.11. The van der Waals surface area contributed by atoms with Crippen LogP contribution in [0.5, 0.6) is 0 Å². The Morgan fingerprint density at radius 3 is 1.41 bits per heavy atom. The van der Waals surface area contributed by atoms with Crippen LogP contribution in [0.3, 0.4) is 0 Å². The average molecular weight is 750 g/mol. The van der Waals surface area contributed by atoms with Crippen molar-refractivity contribution >= 4 is 60.2 Å². The largest absolute Gasteiger partial charge is 0.310 e. The molecule has 0 fully saturated rings. The van der Waals surface area contributed by atoms with Gasteiger partial charge in [0.1, 0.15) is 0 Å². The van der Waals surface area contributed by atoms with Gasteiger partial charge in [0.2, 0.25) is 0 Å². The predicted octanol–water partition coefficient (Wildman–Crippen LogP) is 16.4. The van der Waals surface area contributed by atoms with Gasteiger partial charge in [0.25, 0.3) is 0 Å². The van der Waals surface area contributed by atoms with Crippen LogP contribution in [-0.4, -0.2) is 0 Å². The highest BCUT2D eigenvalue weighted by Crippen LogP contribution is 2.46. The molecular weight excluding hydrogens is 711 g/mol. The van der Waals surface area contributed by atoms with Crippen molar-refractivity contribution in [2.75, 3.05) is 4.90 Å². The molecule has 0 bridgehead atoms. The molecule has 276 valence electrons. The minimum atomic E-state index is 1.08. The van der Waals surface area contributed by atoms with Gasteiger partial charge in [-0.3, -0.25) is 0 Å². The van der Waals surface area contributed by atoms with Gasteiger partial charge in [0, 0.05) is 16.9 Å². The van der Waals surface area contributed by atoms with Crippen LogP contribution in [0, 0.1) is 0 Å². The Labute approximate surface area is 344 Å². The molecule has 0 heterocycles. The normalized spacial score (nSPS) is 11.4. The van der Waals surface area contributed by atoms with Gasteiger partial charge in [-0.1, -0.05) is 200 Å². The fourth-order valence-corrected chi connectivity index (χ4v) is 9.02. The fraction of sp³-hybridized carbons (Fsp3) is 0. The van der Waals surface area contributed by atoms with Crippen molar-refractivity contribution in [3.05, 3.63) is 237 Å². The SMILES string of the molecule is c1ccc(-c2ccc(-c3cccc4ccccc34)cc2N(c2ccc(-c3cc4ccccc4c4ccccc34)cc2)c2cccc(-c3cccc4ccccc34)c2)cc1. The summed E-state index contributed by atoms with van der Waals surface area (Å²) in [7, 11) is 0. The molecule has 1 heteroatoms. The van der Waals surface area contributed by atoms with Crippen molar-refractivity contribution in [2.45, 2.75) is 0 Å². The third-order valence-electron chi connectivity index (χ3n) is 11.8. The molecule has 0 amide bonds. The Balaban J connectivity index is 1.14.